The number of nitrogens with one attached hydrogen (secondary N) is 1. The van der Waals surface area contributed by atoms with E-state index in [4.69, 9.17) is 18.0 Å². The molecule has 0 bridgehead atoms. The predicted molar refractivity (Wildman–Crippen MR) is 114 cm³/mol. The summed E-state index contributed by atoms with van der Waals surface area (Å²) in [7, 11) is 0. The van der Waals surface area contributed by atoms with Crippen molar-refractivity contribution in [3.05, 3.63) is 83.7 Å². The van der Waals surface area contributed by atoms with Crippen LogP contribution in [0.5, 0.6) is 0 Å². The van der Waals surface area contributed by atoms with Gasteiger partial charge in [-0.3, -0.25) is 9.79 Å². The third kappa shape index (κ3) is 3.54. The molecule has 3 N–H and O–H groups in total. The number of benzene rings is 3. The minimum absolute atomic E-state index is 0.116. The van der Waals surface area contributed by atoms with Gasteiger partial charge >= 0.3 is 0 Å². The summed E-state index contributed by atoms with van der Waals surface area (Å²) >= 11 is 5.04. The van der Waals surface area contributed by atoms with E-state index in [2.05, 4.69) is 10.3 Å². The van der Waals surface area contributed by atoms with Crippen LogP contribution in [-0.4, -0.2) is 16.6 Å². The van der Waals surface area contributed by atoms with Crippen molar-refractivity contribution in [2.75, 3.05) is 5.32 Å². The molecule has 1 amide bonds. The first-order chi connectivity index (χ1) is 13.5. The quantitative estimate of drug-likeness (QED) is 0.644. The van der Waals surface area contributed by atoms with Crippen molar-refractivity contribution in [3.8, 4) is 11.1 Å². The fraction of sp³-hybridized carbons (Fsp3) is 0.0455. The van der Waals surface area contributed by atoms with E-state index in [0.29, 0.717) is 28.2 Å². The lowest BCUT2D eigenvalue weighted by Crippen LogP contribution is -2.16. The third-order valence-electron chi connectivity index (χ3n) is 4.52. The van der Waals surface area contributed by atoms with Gasteiger partial charge in [0.1, 0.15) is 10.8 Å². The van der Waals surface area contributed by atoms with E-state index < -0.39 is 0 Å². The van der Waals surface area contributed by atoms with E-state index in [0.717, 1.165) is 11.1 Å². The number of aliphatic imine (C=N–C) groups is 1. The van der Waals surface area contributed by atoms with Gasteiger partial charge < -0.3 is 11.1 Å². The van der Waals surface area contributed by atoms with Crippen molar-refractivity contribution in [3.63, 3.8) is 0 Å². The molecule has 0 saturated carbocycles. The van der Waals surface area contributed by atoms with E-state index in [-0.39, 0.29) is 23.1 Å². The summed E-state index contributed by atoms with van der Waals surface area (Å²) in [6.45, 7) is 0. The van der Waals surface area contributed by atoms with Gasteiger partial charge in [0, 0.05) is 11.1 Å². The van der Waals surface area contributed by atoms with Crippen molar-refractivity contribution in [1.29, 1.82) is 0 Å². The number of hydrogen-bond acceptors (Lipinski definition) is 3. The van der Waals surface area contributed by atoms with Crippen LogP contribution in [0.1, 0.15) is 17.5 Å². The highest BCUT2D eigenvalue weighted by Gasteiger charge is 2.18. The molecule has 28 heavy (non-hydrogen) atoms. The summed E-state index contributed by atoms with van der Waals surface area (Å²) < 4.78 is 14.1. The van der Waals surface area contributed by atoms with Crippen molar-refractivity contribution >= 4 is 40.2 Å². The van der Waals surface area contributed by atoms with Gasteiger partial charge in [-0.2, -0.15) is 0 Å². The Morgan fingerprint density at radius 1 is 1.04 bits per heavy atom. The van der Waals surface area contributed by atoms with Crippen molar-refractivity contribution in [2.24, 2.45) is 10.7 Å². The van der Waals surface area contributed by atoms with Crippen LogP contribution in [0.15, 0.2) is 71.7 Å². The zero-order valence-corrected chi connectivity index (χ0v) is 15.6. The van der Waals surface area contributed by atoms with Gasteiger partial charge in [-0.05, 0) is 35.4 Å². The van der Waals surface area contributed by atoms with Gasteiger partial charge in [0.05, 0.1) is 23.5 Å². The number of rotatable bonds is 3. The molecule has 1 aliphatic heterocycles. The number of fused-ring (bicyclic) bond motifs is 1. The van der Waals surface area contributed by atoms with E-state index in [1.54, 1.807) is 36.4 Å². The fourth-order valence-corrected chi connectivity index (χ4v) is 3.27. The molecule has 0 saturated heterocycles. The summed E-state index contributed by atoms with van der Waals surface area (Å²) in [5, 5.41) is 2.86. The maximum Gasteiger partial charge on any atom is 0.230 e. The molecular weight excluding hydrogens is 373 g/mol. The maximum atomic E-state index is 14.1. The molecule has 0 atom stereocenters. The summed E-state index contributed by atoms with van der Waals surface area (Å²) in [5.74, 6) is -0.509. The molecule has 4 rings (SSSR count). The van der Waals surface area contributed by atoms with E-state index >= 15 is 0 Å². The van der Waals surface area contributed by atoms with Crippen LogP contribution in [0.25, 0.3) is 11.1 Å². The average molecular weight is 389 g/mol. The Morgan fingerprint density at radius 3 is 2.64 bits per heavy atom. The highest BCUT2D eigenvalue weighted by molar-refractivity contribution is 7.80. The molecular formula is C22H16FN3OS. The van der Waals surface area contributed by atoms with Gasteiger partial charge in [-0.1, -0.05) is 54.7 Å². The third-order valence-corrected chi connectivity index (χ3v) is 4.75. The van der Waals surface area contributed by atoms with Crippen LogP contribution < -0.4 is 11.1 Å². The molecule has 6 heteroatoms. The number of nitrogens with two attached hydrogens (primary N) is 1. The number of amides is 1. The molecule has 0 aliphatic carbocycles. The Morgan fingerprint density at radius 2 is 1.86 bits per heavy atom. The van der Waals surface area contributed by atoms with Gasteiger partial charge in [0.25, 0.3) is 0 Å². The lowest BCUT2D eigenvalue weighted by atomic mass is 10.0. The molecule has 0 radical (unpaired) electrons. The molecule has 3 aromatic carbocycles. The topological polar surface area (TPSA) is 67.5 Å². The van der Waals surface area contributed by atoms with Gasteiger partial charge in [-0.25, -0.2) is 4.39 Å². The lowest BCUT2D eigenvalue weighted by molar-refractivity contribution is -0.115. The molecule has 0 spiro atoms. The first-order valence-electron chi connectivity index (χ1n) is 8.68. The Bertz CT molecular complexity index is 1140. The molecule has 4 nitrogen and oxygen atoms in total. The summed E-state index contributed by atoms with van der Waals surface area (Å²) in [6, 6.07) is 19.2. The first kappa shape index (κ1) is 18.0. The van der Waals surface area contributed by atoms with Crippen molar-refractivity contribution in [1.82, 2.24) is 0 Å². The fourth-order valence-electron chi connectivity index (χ4n) is 3.15. The average Bonchev–Trinajstić information content (AvgIpc) is 2.86. The SMILES string of the molecule is NC(=S)c1cccc(C2=Nc3ccc(-c4ccccc4F)cc3NC(=O)C2)c1. The first-order valence-corrected chi connectivity index (χ1v) is 9.09. The second-order valence-corrected chi connectivity index (χ2v) is 6.88. The van der Waals surface area contributed by atoms with Gasteiger partial charge in [0.15, 0.2) is 0 Å². The van der Waals surface area contributed by atoms with E-state index in [1.807, 2.05) is 24.3 Å². The Kier molecular flexibility index (Phi) is 4.71. The highest BCUT2D eigenvalue weighted by Crippen LogP contribution is 2.34. The Labute approximate surface area is 166 Å². The minimum Gasteiger partial charge on any atom is -0.389 e. The minimum atomic E-state index is -0.318. The van der Waals surface area contributed by atoms with Crippen LogP contribution in [0, 0.1) is 5.82 Å². The van der Waals surface area contributed by atoms with Crippen LogP contribution >= 0.6 is 12.2 Å². The standard InChI is InChI=1S/C22H16FN3OS/c23-17-7-2-1-6-16(17)13-8-9-18-20(11-13)26-21(27)12-19(25-18)14-4-3-5-15(10-14)22(24)28/h1-11H,12H2,(H2,24,28)(H,26,27). The zero-order chi connectivity index (χ0) is 19.7. The number of carbonyl (C=O) groups excluding carboxylic acids is 1. The zero-order valence-electron chi connectivity index (χ0n) is 14.8. The predicted octanol–water partition coefficient (Wildman–Crippen LogP) is 4.59. The van der Waals surface area contributed by atoms with Crippen molar-refractivity contribution < 1.29 is 9.18 Å². The summed E-state index contributed by atoms with van der Waals surface area (Å²) in [6.07, 6.45) is 0.116. The number of halogens is 1. The number of hydrogen-bond donors (Lipinski definition) is 2. The monoisotopic (exact) mass is 389 g/mol. The van der Waals surface area contributed by atoms with Crippen molar-refractivity contribution in [2.45, 2.75) is 6.42 Å². The number of carbonyl (C=O) groups is 1. The smallest absolute Gasteiger partial charge is 0.230 e. The Hall–Kier alpha value is -3.38. The van der Waals surface area contributed by atoms with Crippen LogP contribution in [0.3, 0.4) is 0 Å². The second-order valence-electron chi connectivity index (χ2n) is 6.44. The van der Waals surface area contributed by atoms with Gasteiger partial charge in [-0.15, -0.1) is 0 Å². The number of nitrogens with zero attached hydrogens (tertiary/aromatic N) is 1. The van der Waals surface area contributed by atoms with E-state index in [1.165, 1.54) is 6.07 Å². The highest BCUT2D eigenvalue weighted by atomic mass is 32.1. The summed E-state index contributed by atoms with van der Waals surface area (Å²) in [4.78, 5) is 17.4. The number of anilines is 1. The van der Waals surface area contributed by atoms with Crippen LogP contribution in [0.2, 0.25) is 0 Å². The van der Waals surface area contributed by atoms with Crippen LogP contribution in [-0.2, 0) is 4.79 Å². The Balaban J connectivity index is 1.78. The molecule has 138 valence electrons. The second kappa shape index (κ2) is 7.32. The maximum absolute atomic E-state index is 14.1. The largest absolute Gasteiger partial charge is 0.389 e. The molecule has 0 aromatic heterocycles. The van der Waals surface area contributed by atoms with Gasteiger partial charge in [0.2, 0.25) is 5.91 Å². The number of thiocarbonyl (C=S) groups is 1. The molecule has 0 fully saturated rings. The van der Waals surface area contributed by atoms with Crippen LogP contribution in [0.4, 0.5) is 15.8 Å². The molecule has 0 unspecified atom stereocenters. The normalized spacial score (nSPS) is 13.2. The lowest BCUT2D eigenvalue weighted by Gasteiger charge is -2.09. The summed E-state index contributed by atoms with van der Waals surface area (Å²) in [5.41, 5.74) is 10.1. The molecule has 1 heterocycles. The van der Waals surface area contributed by atoms with E-state index in [9.17, 15) is 9.18 Å². The molecule has 1 aliphatic rings. The molecule has 3 aromatic rings.